The number of piperidine rings is 1. The molecule has 3 aromatic heterocycles. The van der Waals surface area contributed by atoms with Crippen LogP contribution in [-0.2, 0) is 11.8 Å². The molecule has 0 saturated carbocycles. The largest absolute Gasteiger partial charge is 0.310 e. The summed E-state index contributed by atoms with van der Waals surface area (Å²) >= 11 is 0. The van der Waals surface area contributed by atoms with Gasteiger partial charge in [0.15, 0.2) is 0 Å². The van der Waals surface area contributed by atoms with E-state index in [0.717, 1.165) is 48.1 Å². The minimum atomic E-state index is -0.341. The van der Waals surface area contributed by atoms with Gasteiger partial charge >= 0.3 is 0 Å². The van der Waals surface area contributed by atoms with Gasteiger partial charge in [0.2, 0.25) is 5.91 Å². The minimum absolute atomic E-state index is 0.0323. The molecule has 28 heavy (non-hydrogen) atoms. The van der Waals surface area contributed by atoms with E-state index in [4.69, 9.17) is 0 Å². The number of anilines is 1. The van der Waals surface area contributed by atoms with Gasteiger partial charge in [-0.15, -0.1) is 0 Å². The molecular formula is C20H23FN6O. The number of nitrogens with one attached hydrogen (secondary N) is 1. The Hall–Kier alpha value is -2.87. The summed E-state index contributed by atoms with van der Waals surface area (Å²) in [5, 5.41) is 8.00. The zero-order chi connectivity index (χ0) is 19.5. The average Bonchev–Trinajstić information content (AvgIpc) is 3.14. The first-order valence-corrected chi connectivity index (χ1v) is 9.47. The monoisotopic (exact) mass is 382 g/mol. The van der Waals surface area contributed by atoms with Crippen LogP contribution in [-0.4, -0.2) is 56.9 Å². The van der Waals surface area contributed by atoms with Gasteiger partial charge in [-0.2, -0.15) is 5.10 Å². The fourth-order valence-corrected chi connectivity index (χ4v) is 3.57. The van der Waals surface area contributed by atoms with Crippen LogP contribution in [0.5, 0.6) is 0 Å². The molecule has 1 fully saturated rings. The molecule has 1 saturated heterocycles. The third kappa shape index (κ3) is 4.01. The summed E-state index contributed by atoms with van der Waals surface area (Å²) in [6, 6.07) is 5.69. The van der Waals surface area contributed by atoms with Crippen LogP contribution in [0.2, 0.25) is 0 Å². The first kappa shape index (κ1) is 18.5. The van der Waals surface area contributed by atoms with Gasteiger partial charge in [0.25, 0.3) is 0 Å². The third-order valence-corrected chi connectivity index (χ3v) is 5.18. The highest BCUT2D eigenvalue weighted by atomic mass is 19.1. The number of aromatic nitrogens is 4. The molecule has 4 rings (SSSR count). The van der Waals surface area contributed by atoms with E-state index in [1.807, 2.05) is 25.4 Å². The van der Waals surface area contributed by atoms with E-state index in [1.54, 1.807) is 23.1 Å². The predicted molar refractivity (Wildman–Crippen MR) is 106 cm³/mol. The van der Waals surface area contributed by atoms with Crippen molar-refractivity contribution < 1.29 is 9.18 Å². The number of hydrogen-bond donors (Lipinski definition) is 1. The van der Waals surface area contributed by atoms with Gasteiger partial charge in [0.05, 0.1) is 17.4 Å². The van der Waals surface area contributed by atoms with E-state index in [9.17, 15) is 9.18 Å². The molecule has 0 aromatic carbocycles. The highest BCUT2D eigenvalue weighted by Crippen LogP contribution is 2.23. The fourth-order valence-electron chi connectivity index (χ4n) is 3.57. The molecule has 1 amide bonds. The van der Waals surface area contributed by atoms with Crippen LogP contribution in [0.4, 0.5) is 10.2 Å². The smallest absolute Gasteiger partial charge is 0.228 e. The Bertz CT molecular complexity index is 980. The van der Waals surface area contributed by atoms with Crippen molar-refractivity contribution in [1.29, 1.82) is 0 Å². The molecule has 1 aliphatic heterocycles. The van der Waals surface area contributed by atoms with Gasteiger partial charge in [-0.25, -0.2) is 14.4 Å². The van der Waals surface area contributed by atoms with Gasteiger partial charge in [0.1, 0.15) is 12.5 Å². The molecule has 7 nitrogen and oxygen atoms in total. The summed E-state index contributed by atoms with van der Waals surface area (Å²) in [5.74, 6) is 0.401. The molecule has 1 N–H and O–H groups in total. The molecule has 0 spiro atoms. The van der Waals surface area contributed by atoms with Crippen LogP contribution in [0.1, 0.15) is 12.8 Å². The lowest BCUT2D eigenvalue weighted by atomic mass is 9.96. The number of aryl methyl sites for hydroxylation is 1. The van der Waals surface area contributed by atoms with Crippen molar-refractivity contribution in [1.82, 2.24) is 24.6 Å². The van der Waals surface area contributed by atoms with E-state index in [1.165, 1.54) is 0 Å². The summed E-state index contributed by atoms with van der Waals surface area (Å²) in [6.07, 6.45) is 6.88. The number of hydrogen-bond acceptors (Lipinski definition) is 5. The van der Waals surface area contributed by atoms with E-state index in [0.29, 0.717) is 12.4 Å². The number of nitrogens with zero attached hydrogens (tertiary/aromatic N) is 5. The van der Waals surface area contributed by atoms with Crippen molar-refractivity contribution in [3.63, 3.8) is 0 Å². The highest BCUT2D eigenvalue weighted by Gasteiger charge is 2.25. The van der Waals surface area contributed by atoms with Crippen LogP contribution in [0, 0.1) is 5.92 Å². The van der Waals surface area contributed by atoms with Crippen LogP contribution in [0.15, 0.2) is 36.8 Å². The molecule has 0 bridgehead atoms. The Morgan fingerprint density at radius 3 is 2.82 bits per heavy atom. The summed E-state index contributed by atoms with van der Waals surface area (Å²) in [4.78, 5) is 23.7. The maximum Gasteiger partial charge on any atom is 0.228 e. The number of carbonyl (C=O) groups is 1. The second-order valence-corrected chi connectivity index (χ2v) is 7.16. The summed E-state index contributed by atoms with van der Waals surface area (Å²) in [6.45, 7) is 1.61. The highest BCUT2D eigenvalue weighted by molar-refractivity contribution is 5.93. The topological polar surface area (TPSA) is 75.9 Å². The molecule has 1 aliphatic rings. The summed E-state index contributed by atoms with van der Waals surface area (Å²) in [5.41, 5.74) is 2.53. The molecule has 0 radical (unpaired) electrons. The molecule has 4 heterocycles. The van der Waals surface area contributed by atoms with Gasteiger partial charge in [-0.3, -0.25) is 9.48 Å². The molecule has 0 unspecified atom stereocenters. The zero-order valence-electron chi connectivity index (χ0n) is 15.8. The van der Waals surface area contributed by atoms with Crippen molar-refractivity contribution in [3.8, 4) is 11.3 Å². The summed E-state index contributed by atoms with van der Waals surface area (Å²) < 4.78 is 14.2. The minimum Gasteiger partial charge on any atom is -0.310 e. The number of amides is 1. The Morgan fingerprint density at radius 2 is 2.11 bits per heavy atom. The number of rotatable bonds is 5. The SMILES string of the molecule is Cn1cc(-c2ccc3cnc(NC(=O)C4CCN(CCF)CC4)cc3n2)cn1. The second-order valence-electron chi connectivity index (χ2n) is 7.16. The maximum absolute atomic E-state index is 12.6. The number of likely N-dealkylation sites (tertiary alicyclic amines) is 1. The van der Waals surface area contributed by atoms with E-state index < -0.39 is 0 Å². The van der Waals surface area contributed by atoms with E-state index in [2.05, 4.69) is 25.3 Å². The molecule has 0 atom stereocenters. The van der Waals surface area contributed by atoms with E-state index >= 15 is 0 Å². The molecule has 0 aliphatic carbocycles. The number of pyridine rings is 2. The number of carbonyl (C=O) groups excluding carboxylic acids is 1. The zero-order valence-corrected chi connectivity index (χ0v) is 15.8. The summed E-state index contributed by atoms with van der Waals surface area (Å²) in [7, 11) is 1.87. The molecule has 3 aromatic rings. The van der Waals surface area contributed by atoms with Crippen LogP contribution in [0.3, 0.4) is 0 Å². The van der Waals surface area contributed by atoms with Gasteiger partial charge < -0.3 is 10.2 Å². The second kappa shape index (κ2) is 8.02. The van der Waals surface area contributed by atoms with Crippen molar-refractivity contribution in [2.24, 2.45) is 13.0 Å². The standard InChI is InChI=1S/C20H23FN6O/c1-26-13-16(12-23-26)17-3-2-15-11-22-19(10-18(15)24-17)25-20(28)14-4-7-27(8-5-14)9-6-21/h2-3,10-14H,4-9H2,1H3,(H,22,25,28). The Morgan fingerprint density at radius 1 is 1.29 bits per heavy atom. The molecular weight excluding hydrogens is 359 g/mol. The van der Waals surface area contributed by atoms with Crippen molar-refractivity contribution in [2.75, 3.05) is 31.6 Å². The number of alkyl halides is 1. The molecule has 146 valence electrons. The maximum atomic E-state index is 12.6. The quantitative estimate of drug-likeness (QED) is 0.734. The Labute approximate surface area is 162 Å². The lowest BCUT2D eigenvalue weighted by Gasteiger charge is -2.30. The van der Waals surface area contributed by atoms with Crippen LogP contribution >= 0.6 is 0 Å². The third-order valence-electron chi connectivity index (χ3n) is 5.18. The normalized spacial score (nSPS) is 15.8. The van der Waals surface area contributed by atoms with Gasteiger partial charge in [-0.05, 0) is 38.1 Å². The predicted octanol–water partition coefficient (Wildman–Crippen LogP) is 2.65. The van der Waals surface area contributed by atoms with Crippen LogP contribution in [0.25, 0.3) is 22.2 Å². The van der Waals surface area contributed by atoms with Crippen molar-refractivity contribution >= 4 is 22.6 Å². The Balaban J connectivity index is 1.47. The number of fused-ring (bicyclic) bond motifs is 1. The van der Waals surface area contributed by atoms with Gasteiger partial charge in [0, 0.05) is 48.9 Å². The van der Waals surface area contributed by atoms with Crippen molar-refractivity contribution in [2.45, 2.75) is 12.8 Å². The lowest BCUT2D eigenvalue weighted by Crippen LogP contribution is -2.39. The van der Waals surface area contributed by atoms with Crippen molar-refractivity contribution in [3.05, 3.63) is 36.8 Å². The van der Waals surface area contributed by atoms with E-state index in [-0.39, 0.29) is 18.5 Å². The number of halogens is 1. The fraction of sp³-hybridized carbons (Fsp3) is 0.400. The average molecular weight is 382 g/mol. The first-order chi connectivity index (χ1) is 13.6. The molecule has 8 heteroatoms. The first-order valence-electron chi connectivity index (χ1n) is 9.47. The Kier molecular flexibility index (Phi) is 5.29. The lowest BCUT2D eigenvalue weighted by molar-refractivity contribution is -0.121. The van der Waals surface area contributed by atoms with Crippen LogP contribution < -0.4 is 5.32 Å². The van der Waals surface area contributed by atoms with Gasteiger partial charge in [-0.1, -0.05) is 0 Å².